The summed E-state index contributed by atoms with van der Waals surface area (Å²) in [7, 11) is 1.87. The van der Waals surface area contributed by atoms with E-state index in [0.717, 1.165) is 16.9 Å². The molecule has 2 heterocycles. The summed E-state index contributed by atoms with van der Waals surface area (Å²) in [6, 6.07) is 7.84. The standard InChI is InChI=1S/C13H14N4O/c1-16-8-10(6-15-16)9-17-12-5-3-2-4-11(12)14-7-13(17)18/h2-6,8,14H,7,9H2,1H3. The van der Waals surface area contributed by atoms with Crippen LogP contribution in [0, 0.1) is 0 Å². The van der Waals surface area contributed by atoms with Crippen LogP contribution in [0.15, 0.2) is 36.7 Å². The number of hydrogen-bond acceptors (Lipinski definition) is 3. The highest BCUT2D eigenvalue weighted by molar-refractivity contribution is 6.02. The Bertz CT molecular complexity index is 590. The summed E-state index contributed by atoms with van der Waals surface area (Å²) in [5.74, 6) is 0.0811. The topological polar surface area (TPSA) is 50.2 Å². The largest absolute Gasteiger partial charge is 0.374 e. The van der Waals surface area contributed by atoms with Gasteiger partial charge < -0.3 is 10.2 Å². The maximum absolute atomic E-state index is 12.0. The monoisotopic (exact) mass is 242 g/mol. The van der Waals surface area contributed by atoms with Gasteiger partial charge in [0.25, 0.3) is 0 Å². The van der Waals surface area contributed by atoms with Gasteiger partial charge in [0.2, 0.25) is 5.91 Å². The third-order valence-corrected chi connectivity index (χ3v) is 3.03. The molecule has 1 aromatic carbocycles. The van der Waals surface area contributed by atoms with Crippen LogP contribution in [0.1, 0.15) is 5.56 Å². The molecule has 0 aliphatic carbocycles. The van der Waals surface area contributed by atoms with Gasteiger partial charge in [0.1, 0.15) is 0 Å². The molecule has 0 bridgehead atoms. The van der Waals surface area contributed by atoms with E-state index in [-0.39, 0.29) is 5.91 Å². The fraction of sp³-hybridized carbons (Fsp3) is 0.231. The number of benzene rings is 1. The predicted molar refractivity (Wildman–Crippen MR) is 69.3 cm³/mol. The number of para-hydroxylation sites is 2. The Kier molecular flexibility index (Phi) is 2.51. The zero-order valence-electron chi connectivity index (χ0n) is 10.1. The number of rotatable bonds is 2. The molecule has 1 aliphatic rings. The van der Waals surface area contributed by atoms with Crippen LogP contribution in [0.2, 0.25) is 0 Å². The zero-order chi connectivity index (χ0) is 12.5. The van der Waals surface area contributed by atoms with Crippen molar-refractivity contribution < 1.29 is 4.79 Å². The Labute approximate surface area is 105 Å². The molecule has 5 heteroatoms. The molecule has 1 aliphatic heterocycles. The second kappa shape index (κ2) is 4.18. The van der Waals surface area contributed by atoms with E-state index in [9.17, 15) is 4.79 Å². The van der Waals surface area contributed by atoms with Crippen molar-refractivity contribution in [3.63, 3.8) is 0 Å². The van der Waals surface area contributed by atoms with Gasteiger partial charge in [-0.15, -0.1) is 0 Å². The van der Waals surface area contributed by atoms with Gasteiger partial charge in [-0.2, -0.15) is 5.10 Å². The first-order chi connectivity index (χ1) is 8.74. The first kappa shape index (κ1) is 10.8. The van der Waals surface area contributed by atoms with Crippen molar-refractivity contribution in [2.75, 3.05) is 16.8 Å². The van der Waals surface area contributed by atoms with E-state index >= 15 is 0 Å². The quantitative estimate of drug-likeness (QED) is 0.865. The molecule has 0 unspecified atom stereocenters. The van der Waals surface area contributed by atoms with Crippen LogP contribution in [-0.2, 0) is 18.4 Å². The maximum atomic E-state index is 12.0. The zero-order valence-corrected chi connectivity index (χ0v) is 10.1. The van der Waals surface area contributed by atoms with Crippen molar-refractivity contribution in [2.24, 2.45) is 7.05 Å². The number of carbonyl (C=O) groups excluding carboxylic acids is 1. The molecule has 92 valence electrons. The van der Waals surface area contributed by atoms with Crippen molar-refractivity contribution in [1.82, 2.24) is 9.78 Å². The average molecular weight is 242 g/mol. The summed E-state index contributed by atoms with van der Waals surface area (Å²) in [6.07, 6.45) is 3.72. The fourth-order valence-corrected chi connectivity index (χ4v) is 2.17. The third kappa shape index (κ3) is 1.84. The smallest absolute Gasteiger partial charge is 0.246 e. The second-order valence-electron chi connectivity index (χ2n) is 4.37. The van der Waals surface area contributed by atoms with Gasteiger partial charge in [0.05, 0.1) is 30.7 Å². The molecule has 1 N–H and O–H groups in total. The SMILES string of the molecule is Cn1cc(CN2C(=O)CNc3ccccc32)cn1. The summed E-state index contributed by atoms with van der Waals surface area (Å²) in [5.41, 5.74) is 2.96. The Morgan fingerprint density at radius 1 is 1.39 bits per heavy atom. The van der Waals surface area contributed by atoms with Gasteiger partial charge in [0.15, 0.2) is 0 Å². The van der Waals surface area contributed by atoms with Crippen LogP contribution in [0.25, 0.3) is 0 Å². The van der Waals surface area contributed by atoms with Crippen molar-refractivity contribution in [3.05, 3.63) is 42.2 Å². The molecule has 3 rings (SSSR count). The van der Waals surface area contributed by atoms with Crippen LogP contribution in [0.4, 0.5) is 11.4 Å². The number of anilines is 2. The molecule has 0 spiro atoms. The van der Waals surface area contributed by atoms with Crippen molar-refractivity contribution in [2.45, 2.75) is 6.54 Å². The Morgan fingerprint density at radius 3 is 3.00 bits per heavy atom. The molecule has 0 saturated heterocycles. The van der Waals surface area contributed by atoms with Crippen LogP contribution in [-0.4, -0.2) is 22.2 Å². The van der Waals surface area contributed by atoms with Crippen molar-refractivity contribution in [1.29, 1.82) is 0 Å². The minimum Gasteiger partial charge on any atom is -0.374 e. The van der Waals surface area contributed by atoms with E-state index < -0.39 is 0 Å². The highest BCUT2D eigenvalue weighted by Crippen LogP contribution is 2.29. The molecule has 0 fully saturated rings. The van der Waals surface area contributed by atoms with Crippen molar-refractivity contribution >= 4 is 17.3 Å². The number of hydrogen-bond donors (Lipinski definition) is 1. The molecule has 1 amide bonds. The highest BCUT2D eigenvalue weighted by atomic mass is 16.2. The molecule has 18 heavy (non-hydrogen) atoms. The fourth-order valence-electron chi connectivity index (χ4n) is 2.17. The van der Waals surface area contributed by atoms with E-state index in [2.05, 4.69) is 10.4 Å². The maximum Gasteiger partial charge on any atom is 0.246 e. The van der Waals surface area contributed by atoms with E-state index in [0.29, 0.717) is 13.1 Å². The van der Waals surface area contributed by atoms with Gasteiger partial charge in [-0.1, -0.05) is 12.1 Å². The van der Waals surface area contributed by atoms with E-state index in [1.165, 1.54) is 0 Å². The molecular weight excluding hydrogens is 228 g/mol. The van der Waals surface area contributed by atoms with Crippen LogP contribution in [0.5, 0.6) is 0 Å². The number of aryl methyl sites for hydroxylation is 1. The molecular formula is C13H14N4O. The van der Waals surface area contributed by atoms with Crippen LogP contribution >= 0.6 is 0 Å². The normalized spacial score (nSPS) is 14.3. The minimum atomic E-state index is 0.0811. The summed E-state index contributed by atoms with van der Waals surface area (Å²) < 4.78 is 1.74. The summed E-state index contributed by atoms with van der Waals surface area (Å²) in [4.78, 5) is 13.8. The molecule has 0 atom stereocenters. The predicted octanol–water partition coefficient (Wildman–Crippen LogP) is 1.38. The van der Waals surface area contributed by atoms with Gasteiger partial charge in [-0.25, -0.2) is 0 Å². The van der Waals surface area contributed by atoms with Gasteiger partial charge in [0, 0.05) is 18.8 Å². The van der Waals surface area contributed by atoms with Crippen LogP contribution < -0.4 is 10.2 Å². The van der Waals surface area contributed by atoms with Gasteiger partial charge in [-0.3, -0.25) is 9.48 Å². The highest BCUT2D eigenvalue weighted by Gasteiger charge is 2.23. The number of fused-ring (bicyclic) bond motifs is 1. The lowest BCUT2D eigenvalue weighted by Crippen LogP contribution is -2.39. The number of nitrogens with zero attached hydrogens (tertiary/aromatic N) is 3. The first-order valence-electron chi connectivity index (χ1n) is 5.85. The van der Waals surface area contributed by atoms with Gasteiger partial charge in [-0.05, 0) is 12.1 Å². The number of aromatic nitrogens is 2. The average Bonchev–Trinajstić information content (AvgIpc) is 2.79. The van der Waals surface area contributed by atoms with Gasteiger partial charge >= 0.3 is 0 Å². The van der Waals surface area contributed by atoms with Crippen LogP contribution in [0.3, 0.4) is 0 Å². The van der Waals surface area contributed by atoms with E-state index in [1.807, 2.05) is 37.5 Å². The molecule has 0 radical (unpaired) electrons. The lowest BCUT2D eigenvalue weighted by Gasteiger charge is -2.29. The Hall–Kier alpha value is -2.30. The molecule has 0 saturated carbocycles. The number of nitrogens with one attached hydrogen (secondary N) is 1. The number of amides is 1. The minimum absolute atomic E-state index is 0.0811. The molecule has 5 nitrogen and oxygen atoms in total. The van der Waals surface area contributed by atoms with E-state index in [1.54, 1.807) is 15.8 Å². The Balaban J connectivity index is 1.93. The van der Waals surface area contributed by atoms with Crippen molar-refractivity contribution in [3.8, 4) is 0 Å². The third-order valence-electron chi connectivity index (χ3n) is 3.03. The first-order valence-corrected chi connectivity index (χ1v) is 5.85. The lowest BCUT2D eigenvalue weighted by atomic mass is 10.1. The molecule has 1 aromatic heterocycles. The Morgan fingerprint density at radius 2 is 2.22 bits per heavy atom. The van der Waals surface area contributed by atoms with E-state index in [4.69, 9.17) is 0 Å². The summed E-state index contributed by atoms with van der Waals surface area (Å²) in [6.45, 7) is 0.905. The summed E-state index contributed by atoms with van der Waals surface area (Å²) >= 11 is 0. The summed E-state index contributed by atoms with van der Waals surface area (Å²) in [5, 5.41) is 7.25. The second-order valence-corrected chi connectivity index (χ2v) is 4.37. The molecule has 2 aromatic rings. The number of carbonyl (C=O) groups is 1. The lowest BCUT2D eigenvalue weighted by molar-refractivity contribution is -0.117.